The Morgan fingerprint density at radius 3 is 2.48 bits per heavy atom. The molecule has 0 radical (unpaired) electrons. The number of hydrogen-bond acceptors (Lipinski definition) is 6. The Morgan fingerprint density at radius 2 is 1.83 bits per heavy atom. The summed E-state index contributed by atoms with van der Waals surface area (Å²) in [7, 11) is 3.00. The van der Waals surface area contributed by atoms with Crippen LogP contribution in [0.4, 0.5) is 5.69 Å². The Hall–Kier alpha value is -3.88. The number of anilines is 1. The van der Waals surface area contributed by atoms with Crippen LogP contribution in [0.15, 0.2) is 47.3 Å². The number of ether oxygens (including phenoxy) is 2. The topological polar surface area (TPSA) is 120 Å². The molecule has 150 valence electrons. The summed E-state index contributed by atoms with van der Waals surface area (Å²) in [5.41, 5.74) is 0.219. The summed E-state index contributed by atoms with van der Waals surface area (Å²) in [4.78, 5) is 36.1. The fourth-order valence-corrected chi connectivity index (χ4v) is 2.92. The van der Waals surface area contributed by atoms with Gasteiger partial charge in [0.15, 0.2) is 0 Å². The minimum Gasteiger partial charge on any atom is -0.497 e. The van der Waals surface area contributed by atoms with E-state index in [0.717, 1.165) is 4.68 Å². The number of carboxylic acids is 1. The third-order valence-electron chi connectivity index (χ3n) is 4.24. The van der Waals surface area contributed by atoms with Gasteiger partial charge in [0.2, 0.25) is 5.91 Å². The molecule has 2 N–H and O–H groups in total. The standard InChI is InChI=1S/C20H19N3O6/c1-28-12-7-8-15(17(9-12)29-2)21-18(24)10-16-13-5-3-4-6-14(13)20(27)23(22-16)11-19(25)26/h3-9H,10-11H2,1-2H3,(H,21,24)(H,25,26). The molecule has 29 heavy (non-hydrogen) atoms. The zero-order valence-corrected chi connectivity index (χ0v) is 15.8. The summed E-state index contributed by atoms with van der Waals surface area (Å²) in [5.74, 6) is -0.598. The van der Waals surface area contributed by atoms with Gasteiger partial charge in [-0.25, -0.2) is 4.68 Å². The van der Waals surface area contributed by atoms with E-state index in [9.17, 15) is 14.4 Å². The highest BCUT2D eigenvalue weighted by Crippen LogP contribution is 2.29. The maximum absolute atomic E-state index is 12.6. The highest BCUT2D eigenvalue weighted by Gasteiger charge is 2.16. The maximum atomic E-state index is 12.6. The summed E-state index contributed by atoms with van der Waals surface area (Å²) in [6.07, 6.45) is -0.157. The van der Waals surface area contributed by atoms with Crippen LogP contribution in [0.1, 0.15) is 5.69 Å². The SMILES string of the molecule is COc1ccc(NC(=O)Cc2nn(CC(=O)O)c(=O)c3ccccc23)c(OC)c1. The number of carboxylic acid groups (broad SMARTS) is 1. The number of nitrogens with zero attached hydrogens (tertiary/aromatic N) is 2. The largest absolute Gasteiger partial charge is 0.497 e. The molecule has 1 heterocycles. The van der Waals surface area contributed by atoms with Gasteiger partial charge in [-0.1, -0.05) is 18.2 Å². The van der Waals surface area contributed by atoms with Gasteiger partial charge in [0.25, 0.3) is 5.56 Å². The molecule has 9 nitrogen and oxygen atoms in total. The van der Waals surface area contributed by atoms with Crippen LogP contribution in [0, 0.1) is 0 Å². The number of methoxy groups -OCH3 is 2. The number of hydrogen-bond donors (Lipinski definition) is 2. The van der Waals surface area contributed by atoms with Gasteiger partial charge in [0, 0.05) is 11.5 Å². The molecule has 3 rings (SSSR count). The number of aliphatic carboxylic acids is 1. The van der Waals surface area contributed by atoms with E-state index in [-0.39, 0.29) is 6.42 Å². The van der Waals surface area contributed by atoms with Crippen LogP contribution in [0.2, 0.25) is 0 Å². The normalized spacial score (nSPS) is 10.6. The average molecular weight is 397 g/mol. The quantitative estimate of drug-likeness (QED) is 0.622. The lowest BCUT2D eigenvalue weighted by molar-refractivity contribution is -0.138. The minimum absolute atomic E-state index is 0.157. The molecule has 0 aliphatic rings. The van der Waals surface area contributed by atoms with Crippen LogP contribution in [0.5, 0.6) is 11.5 Å². The average Bonchev–Trinajstić information content (AvgIpc) is 2.71. The Labute approximate surface area is 165 Å². The van der Waals surface area contributed by atoms with Crippen LogP contribution < -0.4 is 20.3 Å². The van der Waals surface area contributed by atoms with Crippen molar-refractivity contribution >= 4 is 28.3 Å². The number of carbonyl (C=O) groups excluding carboxylic acids is 1. The summed E-state index contributed by atoms with van der Waals surface area (Å²) in [5, 5.41) is 16.7. The lowest BCUT2D eigenvalue weighted by atomic mass is 10.1. The Bertz CT molecular complexity index is 1140. The van der Waals surface area contributed by atoms with Gasteiger partial charge >= 0.3 is 5.97 Å². The van der Waals surface area contributed by atoms with Crippen molar-refractivity contribution in [3.63, 3.8) is 0 Å². The first-order valence-corrected chi connectivity index (χ1v) is 8.65. The highest BCUT2D eigenvalue weighted by molar-refractivity contribution is 5.96. The first-order chi connectivity index (χ1) is 13.9. The molecule has 1 amide bonds. The van der Waals surface area contributed by atoms with E-state index >= 15 is 0 Å². The van der Waals surface area contributed by atoms with Crippen molar-refractivity contribution in [1.29, 1.82) is 0 Å². The monoisotopic (exact) mass is 397 g/mol. The Kier molecular flexibility index (Phi) is 5.77. The molecular formula is C20H19N3O6. The smallest absolute Gasteiger partial charge is 0.325 e. The zero-order valence-electron chi connectivity index (χ0n) is 15.8. The second-order valence-corrected chi connectivity index (χ2v) is 6.14. The van der Waals surface area contributed by atoms with Gasteiger partial charge in [0.1, 0.15) is 18.0 Å². The van der Waals surface area contributed by atoms with Crippen LogP contribution in [0.3, 0.4) is 0 Å². The van der Waals surface area contributed by atoms with E-state index in [0.29, 0.717) is 33.7 Å². The van der Waals surface area contributed by atoms with E-state index in [1.165, 1.54) is 14.2 Å². The predicted octanol–water partition coefficient (Wildman–Crippen LogP) is 1.68. The lowest BCUT2D eigenvalue weighted by Gasteiger charge is -2.13. The third kappa shape index (κ3) is 4.34. The van der Waals surface area contributed by atoms with Gasteiger partial charge in [-0.3, -0.25) is 14.4 Å². The molecule has 3 aromatic rings. The molecule has 0 atom stereocenters. The third-order valence-corrected chi connectivity index (χ3v) is 4.24. The summed E-state index contributed by atoms with van der Waals surface area (Å²) in [6.45, 7) is -0.593. The van der Waals surface area contributed by atoms with Gasteiger partial charge < -0.3 is 19.9 Å². The summed E-state index contributed by atoms with van der Waals surface area (Å²) >= 11 is 0. The molecular weight excluding hydrogens is 378 g/mol. The summed E-state index contributed by atoms with van der Waals surface area (Å²) in [6, 6.07) is 11.6. The van der Waals surface area contributed by atoms with Gasteiger partial charge in [-0.15, -0.1) is 0 Å². The number of carbonyl (C=O) groups is 2. The molecule has 0 aliphatic carbocycles. The van der Waals surface area contributed by atoms with Crippen molar-refractivity contribution in [3.05, 3.63) is 58.5 Å². The number of fused-ring (bicyclic) bond motifs is 1. The van der Waals surface area contributed by atoms with Crippen molar-refractivity contribution in [2.45, 2.75) is 13.0 Å². The van der Waals surface area contributed by atoms with Crippen molar-refractivity contribution in [2.24, 2.45) is 0 Å². The molecule has 0 fully saturated rings. The maximum Gasteiger partial charge on any atom is 0.325 e. The van der Waals surface area contributed by atoms with E-state index in [1.54, 1.807) is 42.5 Å². The van der Waals surface area contributed by atoms with Crippen LogP contribution in [-0.2, 0) is 22.6 Å². The van der Waals surface area contributed by atoms with Gasteiger partial charge in [-0.2, -0.15) is 5.10 Å². The molecule has 0 saturated carbocycles. The predicted molar refractivity (Wildman–Crippen MR) is 106 cm³/mol. The van der Waals surface area contributed by atoms with Crippen LogP contribution in [0.25, 0.3) is 10.8 Å². The molecule has 0 bridgehead atoms. The number of aromatic nitrogens is 2. The van der Waals surface area contributed by atoms with Crippen LogP contribution >= 0.6 is 0 Å². The molecule has 0 aliphatic heterocycles. The fourth-order valence-electron chi connectivity index (χ4n) is 2.92. The van der Waals surface area contributed by atoms with Crippen molar-refractivity contribution in [2.75, 3.05) is 19.5 Å². The molecule has 0 saturated heterocycles. The molecule has 9 heteroatoms. The summed E-state index contributed by atoms with van der Waals surface area (Å²) < 4.78 is 11.2. The first-order valence-electron chi connectivity index (χ1n) is 8.65. The molecule has 1 aromatic heterocycles. The van der Waals surface area contributed by atoms with E-state index in [2.05, 4.69) is 10.4 Å². The zero-order chi connectivity index (χ0) is 21.0. The van der Waals surface area contributed by atoms with E-state index in [1.807, 2.05) is 0 Å². The molecule has 0 spiro atoms. The van der Waals surface area contributed by atoms with Gasteiger partial charge in [-0.05, 0) is 18.2 Å². The van der Waals surface area contributed by atoms with Crippen molar-refractivity contribution in [3.8, 4) is 11.5 Å². The fraction of sp³-hybridized carbons (Fsp3) is 0.200. The first kappa shape index (κ1) is 19.9. The molecule has 0 unspecified atom stereocenters. The highest BCUT2D eigenvalue weighted by atomic mass is 16.5. The van der Waals surface area contributed by atoms with E-state index in [4.69, 9.17) is 14.6 Å². The number of amides is 1. The number of rotatable bonds is 7. The minimum atomic E-state index is -1.20. The van der Waals surface area contributed by atoms with Crippen molar-refractivity contribution in [1.82, 2.24) is 9.78 Å². The Balaban J connectivity index is 1.93. The van der Waals surface area contributed by atoms with Crippen molar-refractivity contribution < 1.29 is 24.2 Å². The Morgan fingerprint density at radius 1 is 1.10 bits per heavy atom. The second kappa shape index (κ2) is 8.42. The lowest BCUT2D eigenvalue weighted by Crippen LogP contribution is -2.29. The van der Waals surface area contributed by atoms with Crippen LogP contribution in [-0.4, -0.2) is 41.0 Å². The number of benzene rings is 2. The van der Waals surface area contributed by atoms with E-state index < -0.39 is 24.0 Å². The number of nitrogens with one attached hydrogen (secondary N) is 1. The molecule has 2 aromatic carbocycles. The van der Waals surface area contributed by atoms with Gasteiger partial charge in [0.05, 0.1) is 37.4 Å². The second-order valence-electron chi connectivity index (χ2n) is 6.14.